The summed E-state index contributed by atoms with van der Waals surface area (Å²) in [6.07, 6.45) is 7.12. The monoisotopic (exact) mass is 386 g/mol. The topological polar surface area (TPSA) is 58.6 Å². The van der Waals surface area contributed by atoms with E-state index in [4.69, 9.17) is 4.74 Å². The van der Waals surface area contributed by atoms with Crippen LogP contribution < -0.4 is 10.1 Å². The minimum atomic E-state index is -0.285. The van der Waals surface area contributed by atoms with Crippen LogP contribution in [0.15, 0.2) is 24.3 Å². The van der Waals surface area contributed by atoms with Crippen molar-refractivity contribution in [3.63, 3.8) is 0 Å². The highest BCUT2D eigenvalue weighted by Gasteiger charge is 2.32. The first-order valence-electron chi connectivity index (χ1n) is 10.7. The molecule has 1 N–H and O–H groups in total. The fraction of sp³-hybridized carbons (Fsp3) is 0.652. The zero-order valence-corrected chi connectivity index (χ0v) is 17.5. The predicted molar refractivity (Wildman–Crippen MR) is 111 cm³/mol. The number of anilines is 1. The number of likely N-dealkylation sites (tertiary alicyclic amines) is 1. The van der Waals surface area contributed by atoms with Crippen LogP contribution >= 0.6 is 0 Å². The van der Waals surface area contributed by atoms with E-state index in [9.17, 15) is 9.59 Å². The van der Waals surface area contributed by atoms with Crippen molar-refractivity contribution in [2.45, 2.75) is 65.7 Å². The molecule has 0 atom stereocenters. The van der Waals surface area contributed by atoms with Crippen molar-refractivity contribution in [2.75, 3.05) is 18.4 Å². The summed E-state index contributed by atoms with van der Waals surface area (Å²) >= 11 is 0. The Hall–Kier alpha value is -2.04. The van der Waals surface area contributed by atoms with Crippen molar-refractivity contribution in [2.24, 2.45) is 17.3 Å². The van der Waals surface area contributed by atoms with Crippen LogP contribution in [0.2, 0.25) is 0 Å². The summed E-state index contributed by atoms with van der Waals surface area (Å²) in [5.74, 6) is 1.41. The van der Waals surface area contributed by atoms with Gasteiger partial charge in [-0.3, -0.25) is 4.79 Å². The average molecular weight is 387 g/mol. The van der Waals surface area contributed by atoms with Crippen molar-refractivity contribution in [3.05, 3.63) is 24.3 Å². The zero-order chi connectivity index (χ0) is 20.1. The lowest BCUT2D eigenvalue weighted by Crippen LogP contribution is -2.37. The molecule has 0 aromatic heterocycles. The standard InChI is InChI=1S/C23H34N2O3/c1-23(2,3)18-9-7-17(8-10-18)21(26)24-19-11-13-20(14-12-19)28-22(27)25-15-5-4-6-16-25/h11-14,17-18H,4-10,15-16H2,1-3H3,(H,24,26)/t17-,18+. The molecule has 1 saturated carbocycles. The third kappa shape index (κ3) is 5.49. The lowest BCUT2D eigenvalue weighted by molar-refractivity contribution is -0.121. The molecular formula is C23H34N2O3. The highest BCUT2D eigenvalue weighted by atomic mass is 16.6. The predicted octanol–water partition coefficient (Wildman–Crippen LogP) is 5.46. The average Bonchev–Trinajstić information content (AvgIpc) is 2.69. The lowest BCUT2D eigenvalue weighted by atomic mass is 9.69. The molecule has 1 aliphatic heterocycles. The summed E-state index contributed by atoms with van der Waals surface area (Å²) in [7, 11) is 0. The third-order valence-corrected chi connectivity index (χ3v) is 6.26. The van der Waals surface area contributed by atoms with E-state index < -0.39 is 0 Å². The van der Waals surface area contributed by atoms with E-state index in [0.29, 0.717) is 17.1 Å². The number of ether oxygens (including phenoxy) is 1. The van der Waals surface area contributed by atoms with Crippen LogP contribution in [0.3, 0.4) is 0 Å². The number of hydrogen-bond acceptors (Lipinski definition) is 3. The van der Waals surface area contributed by atoms with Gasteiger partial charge in [-0.25, -0.2) is 4.79 Å². The number of hydrogen-bond donors (Lipinski definition) is 1. The Morgan fingerprint density at radius 3 is 2.14 bits per heavy atom. The SMILES string of the molecule is CC(C)(C)[C@H]1CC[C@@H](C(=O)Nc2ccc(OC(=O)N3CCCCC3)cc2)CC1. The molecule has 28 heavy (non-hydrogen) atoms. The molecule has 0 radical (unpaired) electrons. The first-order chi connectivity index (χ1) is 13.3. The molecule has 2 aliphatic rings. The highest BCUT2D eigenvalue weighted by molar-refractivity contribution is 5.92. The van der Waals surface area contributed by atoms with Gasteiger partial charge in [-0.15, -0.1) is 0 Å². The second-order valence-electron chi connectivity index (χ2n) is 9.34. The molecule has 2 fully saturated rings. The van der Waals surface area contributed by atoms with Crippen LogP contribution in [-0.4, -0.2) is 30.0 Å². The lowest BCUT2D eigenvalue weighted by Gasteiger charge is -2.36. The van der Waals surface area contributed by atoms with Crippen LogP contribution in [-0.2, 0) is 4.79 Å². The van der Waals surface area contributed by atoms with Gasteiger partial charge in [0.15, 0.2) is 0 Å². The molecule has 1 aliphatic carbocycles. The minimum absolute atomic E-state index is 0.0928. The zero-order valence-electron chi connectivity index (χ0n) is 17.5. The summed E-state index contributed by atoms with van der Waals surface area (Å²) < 4.78 is 5.45. The normalized spacial score (nSPS) is 23.2. The molecule has 0 bridgehead atoms. The number of nitrogens with one attached hydrogen (secondary N) is 1. The number of amides is 2. The van der Waals surface area contributed by atoms with E-state index in [-0.39, 0.29) is 17.9 Å². The highest BCUT2D eigenvalue weighted by Crippen LogP contribution is 2.40. The maximum atomic E-state index is 12.6. The molecule has 3 rings (SSSR count). The Kier molecular flexibility index (Phi) is 6.63. The van der Waals surface area contributed by atoms with Gasteiger partial charge >= 0.3 is 6.09 Å². The molecule has 154 valence electrons. The third-order valence-electron chi connectivity index (χ3n) is 6.26. The Morgan fingerprint density at radius 2 is 1.57 bits per heavy atom. The van der Waals surface area contributed by atoms with Crippen LogP contribution in [0.1, 0.15) is 65.7 Å². The van der Waals surface area contributed by atoms with Gasteiger partial charge < -0.3 is 15.0 Å². The van der Waals surface area contributed by atoms with Crippen LogP contribution in [0.4, 0.5) is 10.5 Å². The maximum Gasteiger partial charge on any atom is 0.415 e. The van der Waals surface area contributed by atoms with Crippen LogP contribution in [0, 0.1) is 17.3 Å². The molecule has 0 spiro atoms. The summed E-state index contributed by atoms with van der Waals surface area (Å²) in [6, 6.07) is 7.09. The van der Waals surface area contributed by atoms with Gasteiger partial charge in [0.1, 0.15) is 5.75 Å². The maximum absolute atomic E-state index is 12.6. The van der Waals surface area contributed by atoms with Gasteiger partial charge in [0.2, 0.25) is 5.91 Å². The van der Waals surface area contributed by atoms with E-state index in [1.165, 1.54) is 6.42 Å². The van der Waals surface area contributed by atoms with Gasteiger partial charge in [-0.05, 0) is 80.5 Å². The first-order valence-corrected chi connectivity index (χ1v) is 10.7. The van der Waals surface area contributed by atoms with Gasteiger partial charge in [-0.1, -0.05) is 20.8 Å². The van der Waals surface area contributed by atoms with Gasteiger partial charge in [0.25, 0.3) is 0 Å². The number of rotatable bonds is 3. The number of carbonyl (C=O) groups excluding carboxylic acids is 2. The molecule has 0 unspecified atom stereocenters. The second kappa shape index (κ2) is 8.97. The Labute approximate surface area is 168 Å². The number of piperidine rings is 1. The summed E-state index contributed by atoms with van der Waals surface area (Å²) in [5.41, 5.74) is 1.07. The molecular weight excluding hydrogens is 352 g/mol. The molecule has 2 amide bonds. The second-order valence-corrected chi connectivity index (χ2v) is 9.34. The smallest absolute Gasteiger partial charge is 0.410 e. The Morgan fingerprint density at radius 1 is 0.964 bits per heavy atom. The fourth-order valence-electron chi connectivity index (χ4n) is 4.31. The van der Waals surface area contributed by atoms with Crippen molar-refractivity contribution in [3.8, 4) is 5.75 Å². The Balaban J connectivity index is 1.47. The van der Waals surface area contributed by atoms with Crippen LogP contribution in [0.25, 0.3) is 0 Å². The van der Waals surface area contributed by atoms with Crippen molar-refractivity contribution in [1.82, 2.24) is 4.90 Å². The van der Waals surface area contributed by atoms with E-state index in [1.807, 2.05) is 0 Å². The van der Waals surface area contributed by atoms with Crippen molar-refractivity contribution < 1.29 is 14.3 Å². The molecule has 1 heterocycles. The molecule has 1 aromatic carbocycles. The number of benzene rings is 1. The van der Waals surface area contributed by atoms with E-state index >= 15 is 0 Å². The Bertz CT molecular complexity index is 664. The largest absolute Gasteiger partial charge is 0.415 e. The van der Waals surface area contributed by atoms with Gasteiger partial charge in [0.05, 0.1) is 0 Å². The van der Waals surface area contributed by atoms with Gasteiger partial charge in [-0.2, -0.15) is 0 Å². The molecule has 5 heteroatoms. The van der Waals surface area contributed by atoms with E-state index in [2.05, 4.69) is 26.1 Å². The first kappa shape index (κ1) is 20.7. The van der Waals surface area contributed by atoms with Crippen molar-refractivity contribution >= 4 is 17.7 Å². The van der Waals surface area contributed by atoms with E-state index in [1.54, 1.807) is 29.2 Å². The quantitative estimate of drug-likeness (QED) is 0.750. The van der Waals surface area contributed by atoms with Crippen molar-refractivity contribution in [1.29, 1.82) is 0 Å². The molecule has 1 aromatic rings. The van der Waals surface area contributed by atoms with Crippen LogP contribution in [0.5, 0.6) is 5.75 Å². The minimum Gasteiger partial charge on any atom is -0.410 e. The summed E-state index contributed by atoms with van der Waals surface area (Å²) in [6.45, 7) is 8.40. The summed E-state index contributed by atoms with van der Waals surface area (Å²) in [4.78, 5) is 26.5. The molecule has 5 nitrogen and oxygen atoms in total. The number of nitrogens with zero attached hydrogens (tertiary/aromatic N) is 1. The number of carbonyl (C=O) groups is 2. The van der Waals surface area contributed by atoms with Gasteiger partial charge in [0, 0.05) is 24.7 Å². The van der Waals surface area contributed by atoms with E-state index in [0.717, 1.165) is 57.3 Å². The summed E-state index contributed by atoms with van der Waals surface area (Å²) in [5, 5.41) is 3.02. The molecule has 1 saturated heterocycles. The fourth-order valence-corrected chi connectivity index (χ4v) is 4.31.